The van der Waals surface area contributed by atoms with Gasteiger partial charge in [0, 0.05) is 0 Å². The van der Waals surface area contributed by atoms with Crippen LogP contribution in [0.2, 0.25) is 0 Å². The smallest absolute Gasteiger partial charge is 0.267 e. The average Bonchev–Trinajstić information content (AvgIpc) is 2.88. The molecule has 0 saturated carbocycles. The zero-order valence-electron chi connectivity index (χ0n) is 12.0. The van der Waals surface area contributed by atoms with E-state index in [-0.39, 0.29) is 5.56 Å². The van der Waals surface area contributed by atoms with E-state index >= 15 is 0 Å². The molecule has 0 aliphatic rings. The summed E-state index contributed by atoms with van der Waals surface area (Å²) in [6.07, 6.45) is 3.41. The molecule has 0 atom stereocenters. The molecule has 0 aliphatic heterocycles. The Labute approximate surface area is 124 Å². The zero-order chi connectivity index (χ0) is 15.3. The number of hydrogen-bond acceptors (Lipinski definition) is 5. The molecule has 4 rings (SSSR count). The summed E-state index contributed by atoms with van der Waals surface area (Å²) in [5.41, 5.74) is 4.48. The number of nitrogens with one attached hydrogen (secondary N) is 1. The molecule has 4 aromatic heterocycles. The molecule has 0 bridgehead atoms. The number of aryl methyl sites for hydroxylation is 2. The topological polar surface area (TPSA) is 88.8 Å². The molecule has 7 heteroatoms. The van der Waals surface area contributed by atoms with Crippen LogP contribution in [0.5, 0.6) is 0 Å². The van der Waals surface area contributed by atoms with Gasteiger partial charge in [0.25, 0.3) is 5.56 Å². The lowest BCUT2D eigenvalue weighted by Gasteiger charge is -2.04. The first kappa shape index (κ1) is 12.6. The van der Waals surface area contributed by atoms with Crippen LogP contribution in [-0.2, 0) is 0 Å². The molecular formula is C15H12N6O. The van der Waals surface area contributed by atoms with Gasteiger partial charge in [-0.2, -0.15) is 10.2 Å². The van der Waals surface area contributed by atoms with Gasteiger partial charge < -0.3 is 0 Å². The van der Waals surface area contributed by atoms with Crippen molar-refractivity contribution in [3.05, 3.63) is 52.2 Å². The van der Waals surface area contributed by atoms with Crippen LogP contribution in [0.1, 0.15) is 11.3 Å². The van der Waals surface area contributed by atoms with Crippen LogP contribution in [-0.4, -0.2) is 29.8 Å². The van der Waals surface area contributed by atoms with Gasteiger partial charge in [-0.3, -0.25) is 4.79 Å². The highest BCUT2D eigenvalue weighted by Gasteiger charge is 2.10. The lowest BCUT2D eigenvalue weighted by atomic mass is 10.2. The lowest BCUT2D eigenvalue weighted by Crippen LogP contribution is -2.08. The number of H-pyrrole nitrogens is 1. The Morgan fingerprint density at radius 1 is 1.14 bits per heavy atom. The van der Waals surface area contributed by atoms with Crippen molar-refractivity contribution < 1.29 is 0 Å². The van der Waals surface area contributed by atoms with Gasteiger partial charge >= 0.3 is 0 Å². The number of pyridine rings is 1. The molecule has 0 saturated heterocycles. The van der Waals surface area contributed by atoms with Crippen molar-refractivity contribution in [2.45, 2.75) is 13.8 Å². The maximum absolute atomic E-state index is 11.7. The highest BCUT2D eigenvalue weighted by Crippen LogP contribution is 2.20. The molecule has 22 heavy (non-hydrogen) atoms. The maximum atomic E-state index is 11.7. The van der Waals surface area contributed by atoms with Gasteiger partial charge in [-0.05, 0) is 37.6 Å². The monoisotopic (exact) mass is 292 g/mol. The van der Waals surface area contributed by atoms with Crippen molar-refractivity contribution >= 4 is 16.6 Å². The third-order valence-corrected chi connectivity index (χ3v) is 3.51. The van der Waals surface area contributed by atoms with Crippen molar-refractivity contribution in [2.75, 3.05) is 0 Å². The van der Waals surface area contributed by atoms with E-state index in [1.807, 2.05) is 26.1 Å². The van der Waals surface area contributed by atoms with Gasteiger partial charge in [0.05, 0.1) is 34.7 Å². The number of rotatable bonds is 1. The van der Waals surface area contributed by atoms with E-state index in [0.717, 1.165) is 22.6 Å². The lowest BCUT2D eigenvalue weighted by molar-refractivity contribution is 0.929. The van der Waals surface area contributed by atoms with Gasteiger partial charge in [0.15, 0.2) is 5.65 Å². The maximum Gasteiger partial charge on any atom is 0.273 e. The van der Waals surface area contributed by atoms with E-state index < -0.39 is 0 Å². The molecule has 7 nitrogen and oxygen atoms in total. The Hall–Kier alpha value is -3.09. The van der Waals surface area contributed by atoms with Crippen molar-refractivity contribution in [2.24, 2.45) is 0 Å². The van der Waals surface area contributed by atoms with Crippen LogP contribution in [0.3, 0.4) is 0 Å². The minimum absolute atomic E-state index is 0.249. The first-order chi connectivity index (χ1) is 10.6. The Kier molecular flexibility index (Phi) is 2.56. The van der Waals surface area contributed by atoms with Crippen LogP contribution in [0.25, 0.3) is 27.9 Å². The Bertz CT molecular complexity index is 1080. The molecule has 0 fully saturated rings. The van der Waals surface area contributed by atoms with E-state index in [4.69, 9.17) is 0 Å². The molecule has 0 aromatic carbocycles. The zero-order valence-corrected chi connectivity index (χ0v) is 12.0. The molecule has 1 N–H and O–H groups in total. The van der Waals surface area contributed by atoms with Gasteiger partial charge in [0.1, 0.15) is 5.69 Å². The van der Waals surface area contributed by atoms with Crippen molar-refractivity contribution in [3.8, 4) is 11.4 Å². The summed E-state index contributed by atoms with van der Waals surface area (Å²) in [5, 5.41) is 11.2. The summed E-state index contributed by atoms with van der Waals surface area (Å²) in [6, 6.07) is 5.46. The Balaban J connectivity index is 1.96. The van der Waals surface area contributed by atoms with Crippen molar-refractivity contribution in [1.82, 2.24) is 29.8 Å². The quantitative estimate of drug-likeness (QED) is 0.576. The molecule has 4 aromatic rings. The predicted molar refractivity (Wildman–Crippen MR) is 81.6 cm³/mol. The van der Waals surface area contributed by atoms with Gasteiger partial charge in [0.2, 0.25) is 0 Å². The van der Waals surface area contributed by atoms with E-state index in [2.05, 4.69) is 25.3 Å². The Morgan fingerprint density at radius 2 is 2.00 bits per heavy atom. The third-order valence-electron chi connectivity index (χ3n) is 3.51. The molecule has 0 aliphatic carbocycles. The summed E-state index contributed by atoms with van der Waals surface area (Å²) in [4.78, 5) is 20.6. The SMILES string of the molecule is Cc1cn2nc(-c3ccc4c(=O)[nH]ncc4n3)cc(C)c2n1. The first-order valence-corrected chi connectivity index (χ1v) is 6.80. The fraction of sp³-hybridized carbons (Fsp3) is 0.133. The molecular weight excluding hydrogens is 280 g/mol. The third kappa shape index (κ3) is 1.86. The number of hydrogen-bond donors (Lipinski definition) is 1. The predicted octanol–water partition coefficient (Wildman–Crippen LogP) is 1.64. The molecule has 0 spiro atoms. The van der Waals surface area contributed by atoms with E-state index in [0.29, 0.717) is 16.6 Å². The standard InChI is InChI=1S/C15H12N6O/c1-8-5-12(20-21-7-9(2)17-14(8)21)11-4-3-10-13(18-11)6-16-19-15(10)22/h3-7H,1-2H3,(H,19,22). The fourth-order valence-electron chi connectivity index (χ4n) is 2.49. The van der Waals surface area contributed by atoms with E-state index in [9.17, 15) is 4.79 Å². The van der Waals surface area contributed by atoms with Gasteiger partial charge in [-0.25, -0.2) is 19.6 Å². The molecule has 108 valence electrons. The number of imidazole rings is 1. The molecule has 0 radical (unpaired) electrons. The second-order valence-corrected chi connectivity index (χ2v) is 5.19. The summed E-state index contributed by atoms with van der Waals surface area (Å²) < 4.78 is 1.75. The largest absolute Gasteiger partial charge is 0.273 e. The van der Waals surface area contributed by atoms with Crippen LogP contribution in [0.4, 0.5) is 0 Å². The average molecular weight is 292 g/mol. The second-order valence-electron chi connectivity index (χ2n) is 5.19. The number of nitrogens with zero attached hydrogens (tertiary/aromatic N) is 5. The van der Waals surface area contributed by atoms with Crippen LogP contribution in [0, 0.1) is 13.8 Å². The van der Waals surface area contributed by atoms with Crippen LogP contribution in [0.15, 0.2) is 35.4 Å². The summed E-state index contributed by atoms with van der Waals surface area (Å²) in [7, 11) is 0. The fourth-order valence-corrected chi connectivity index (χ4v) is 2.49. The Morgan fingerprint density at radius 3 is 2.86 bits per heavy atom. The van der Waals surface area contributed by atoms with Crippen molar-refractivity contribution in [1.29, 1.82) is 0 Å². The summed E-state index contributed by atoms with van der Waals surface area (Å²) >= 11 is 0. The molecule has 0 unspecified atom stereocenters. The van der Waals surface area contributed by atoms with Crippen LogP contribution >= 0.6 is 0 Å². The van der Waals surface area contributed by atoms with Gasteiger partial charge in [-0.1, -0.05) is 0 Å². The number of aromatic nitrogens is 6. The summed E-state index contributed by atoms with van der Waals surface area (Å²) in [5.74, 6) is 0. The minimum Gasteiger partial charge on any atom is -0.267 e. The van der Waals surface area contributed by atoms with E-state index in [1.54, 1.807) is 16.6 Å². The summed E-state index contributed by atoms with van der Waals surface area (Å²) in [6.45, 7) is 3.92. The highest BCUT2D eigenvalue weighted by atomic mass is 16.1. The first-order valence-electron chi connectivity index (χ1n) is 6.80. The molecule has 0 amide bonds. The highest BCUT2D eigenvalue weighted by molar-refractivity contribution is 5.79. The van der Waals surface area contributed by atoms with Crippen molar-refractivity contribution in [3.63, 3.8) is 0 Å². The van der Waals surface area contributed by atoms with Gasteiger partial charge in [-0.15, -0.1) is 0 Å². The van der Waals surface area contributed by atoms with E-state index in [1.165, 1.54) is 6.20 Å². The van der Waals surface area contributed by atoms with Crippen LogP contribution < -0.4 is 5.56 Å². The molecule has 4 heterocycles. The second kappa shape index (κ2) is 4.45. The number of fused-ring (bicyclic) bond motifs is 2. The minimum atomic E-state index is -0.249. The number of aromatic amines is 1. The normalized spacial score (nSPS) is 11.4.